The van der Waals surface area contributed by atoms with Gasteiger partial charge in [0.15, 0.2) is 0 Å². The van der Waals surface area contributed by atoms with Crippen LogP contribution in [0, 0.1) is 17.8 Å². The monoisotopic (exact) mass is 236 g/mol. The van der Waals surface area contributed by atoms with Crippen molar-refractivity contribution in [3.63, 3.8) is 0 Å². The van der Waals surface area contributed by atoms with Crippen LogP contribution >= 0.6 is 0 Å². The smallest absolute Gasteiger partial charge is 0.224 e. The van der Waals surface area contributed by atoms with Gasteiger partial charge in [0.2, 0.25) is 5.91 Å². The molecule has 1 aliphatic carbocycles. The summed E-state index contributed by atoms with van der Waals surface area (Å²) in [4.78, 5) is 12.1. The molecule has 2 N–H and O–H groups in total. The Bertz CT molecular complexity index is 305. The Labute approximate surface area is 104 Å². The van der Waals surface area contributed by atoms with Crippen molar-refractivity contribution in [2.75, 3.05) is 6.54 Å². The van der Waals surface area contributed by atoms with E-state index in [4.69, 9.17) is 0 Å². The first-order chi connectivity index (χ1) is 8.24. The quantitative estimate of drug-likeness (QED) is 0.783. The van der Waals surface area contributed by atoms with Crippen molar-refractivity contribution in [2.45, 2.75) is 57.5 Å². The number of amides is 1. The molecular formula is C14H24N2O. The molecule has 5 unspecified atom stereocenters. The molecule has 1 saturated carbocycles. The number of rotatable bonds is 3. The van der Waals surface area contributed by atoms with E-state index in [0.717, 1.165) is 24.8 Å². The van der Waals surface area contributed by atoms with E-state index >= 15 is 0 Å². The second-order valence-corrected chi connectivity index (χ2v) is 6.30. The summed E-state index contributed by atoms with van der Waals surface area (Å²) in [6.07, 6.45) is 7.53. The molecule has 3 heteroatoms. The minimum absolute atomic E-state index is 0.255. The third-order valence-corrected chi connectivity index (χ3v) is 5.21. The van der Waals surface area contributed by atoms with E-state index in [1.165, 1.54) is 32.1 Å². The van der Waals surface area contributed by atoms with Gasteiger partial charge in [0, 0.05) is 18.6 Å². The number of fused-ring (bicyclic) bond motifs is 2. The predicted octanol–water partition coefficient (Wildman–Crippen LogP) is 1.68. The van der Waals surface area contributed by atoms with Crippen molar-refractivity contribution >= 4 is 5.91 Å². The topological polar surface area (TPSA) is 41.1 Å². The fourth-order valence-corrected chi connectivity index (χ4v) is 4.00. The summed E-state index contributed by atoms with van der Waals surface area (Å²) in [5.74, 6) is 2.09. The maximum Gasteiger partial charge on any atom is 0.224 e. The van der Waals surface area contributed by atoms with Gasteiger partial charge in [-0.3, -0.25) is 4.79 Å². The molecule has 2 heterocycles. The van der Waals surface area contributed by atoms with E-state index in [9.17, 15) is 4.79 Å². The minimum atomic E-state index is 0.255. The maximum atomic E-state index is 12.1. The second-order valence-electron chi connectivity index (χ2n) is 6.30. The summed E-state index contributed by atoms with van der Waals surface area (Å²) in [5.41, 5.74) is 0. The number of hydrogen-bond acceptors (Lipinski definition) is 2. The lowest BCUT2D eigenvalue weighted by Gasteiger charge is -2.22. The van der Waals surface area contributed by atoms with Gasteiger partial charge >= 0.3 is 0 Å². The number of carbonyl (C=O) groups is 1. The van der Waals surface area contributed by atoms with Gasteiger partial charge in [-0.05, 0) is 37.5 Å². The van der Waals surface area contributed by atoms with Crippen LogP contribution in [-0.4, -0.2) is 24.5 Å². The SMILES string of the molecule is CC1CCCC1CNC(=O)C1CC2CCC1N2. The third kappa shape index (κ3) is 2.22. The fourth-order valence-electron chi connectivity index (χ4n) is 4.00. The Kier molecular flexibility index (Phi) is 3.12. The van der Waals surface area contributed by atoms with E-state index in [-0.39, 0.29) is 5.92 Å². The van der Waals surface area contributed by atoms with Crippen LogP contribution in [0.3, 0.4) is 0 Å². The van der Waals surface area contributed by atoms with Crippen LogP contribution in [0.1, 0.15) is 45.4 Å². The van der Waals surface area contributed by atoms with E-state index in [0.29, 0.717) is 18.0 Å². The average Bonchev–Trinajstić information content (AvgIpc) is 3.01. The van der Waals surface area contributed by atoms with Crippen LogP contribution < -0.4 is 10.6 Å². The van der Waals surface area contributed by atoms with E-state index < -0.39 is 0 Å². The first kappa shape index (κ1) is 11.5. The standard InChI is InChI=1S/C14H24N2O/c1-9-3-2-4-10(9)8-15-14(17)12-7-11-5-6-13(12)16-11/h9-13,16H,2-8H2,1H3,(H,15,17). The van der Waals surface area contributed by atoms with Gasteiger partial charge in [0.1, 0.15) is 0 Å². The van der Waals surface area contributed by atoms with Gasteiger partial charge in [-0.25, -0.2) is 0 Å². The van der Waals surface area contributed by atoms with Crippen LogP contribution in [-0.2, 0) is 4.79 Å². The molecule has 3 aliphatic rings. The van der Waals surface area contributed by atoms with Gasteiger partial charge in [-0.15, -0.1) is 0 Å². The van der Waals surface area contributed by atoms with Crippen molar-refractivity contribution in [3.05, 3.63) is 0 Å². The Morgan fingerprint density at radius 2 is 2.18 bits per heavy atom. The molecule has 2 saturated heterocycles. The molecular weight excluding hydrogens is 212 g/mol. The summed E-state index contributed by atoms with van der Waals surface area (Å²) in [5, 5.41) is 6.74. The molecule has 2 aliphatic heterocycles. The lowest BCUT2D eigenvalue weighted by molar-refractivity contribution is -0.125. The van der Waals surface area contributed by atoms with Gasteiger partial charge in [0.05, 0.1) is 5.92 Å². The molecule has 5 atom stereocenters. The zero-order chi connectivity index (χ0) is 11.8. The minimum Gasteiger partial charge on any atom is -0.356 e. The lowest BCUT2D eigenvalue weighted by Crippen LogP contribution is -2.39. The van der Waals surface area contributed by atoms with Crippen LogP contribution in [0.2, 0.25) is 0 Å². The summed E-state index contributed by atoms with van der Waals surface area (Å²) in [6, 6.07) is 1.10. The summed E-state index contributed by atoms with van der Waals surface area (Å²) in [6.45, 7) is 3.23. The van der Waals surface area contributed by atoms with Crippen molar-refractivity contribution in [3.8, 4) is 0 Å². The number of hydrogen-bond donors (Lipinski definition) is 2. The molecule has 3 rings (SSSR count). The van der Waals surface area contributed by atoms with E-state index in [1.54, 1.807) is 0 Å². The molecule has 2 bridgehead atoms. The summed E-state index contributed by atoms with van der Waals surface area (Å²) >= 11 is 0. The van der Waals surface area contributed by atoms with Gasteiger partial charge in [-0.2, -0.15) is 0 Å². The van der Waals surface area contributed by atoms with E-state index in [2.05, 4.69) is 17.6 Å². The van der Waals surface area contributed by atoms with Crippen LogP contribution in [0.15, 0.2) is 0 Å². The molecule has 0 aromatic heterocycles. The van der Waals surface area contributed by atoms with Crippen LogP contribution in [0.25, 0.3) is 0 Å². The Morgan fingerprint density at radius 3 is 2.76 bits per heavy atom. The molecule has 0 aromatic rings. The van der Waals surface area contributed by atoms with Gasteiger partial charge in [-0.1, -0.05) is 19.8 Å². The predicted molar refractivity (Wildman–Crippen MR) is 67.6 cm³/mol. The van der Waals surface area contributed by atoms with Crippen molar-refractivity contribution < 1.29 is 4.79 Å². The lowest BCUT2D eigenvalue weighted by atomic mass is 9.88. The third-order valence-electron chi connectivity index (χ3n) is 5.21. The molecule has 96 valence electrons. The van der Waals surface area contributed by atoms with Gasteiger partial charge < -0.3 is 10.6 Å². The first-order valence-electron chi connectivity index (χ1n) is 7.28. The molecule has 0 aromatic carbocycles. The highest BCUT2D eigenvalue weighted by molar-refractivity contribution is 5.80. The highest BCUT2D eigenvalue weighted by Crippen LogP contribution is 2.34. The molecule has 3 fully saturated rings. The first-order valence-corrected chi connectivity index (χ1v) is 7.28. The van der Waals surface area contributed by atoms with Gasteiger partial charge in [0.25, 0.3) is 0 Å². The highest BCUT2D eigenvalue weighted by atomic mass is 16.1. The Balaban J connectivity index is 1.47. The average molecular weight is 236 g/mol. The second kappa shape index (κ2) is 4.60. The Hall–Kier alpha value is -0.570. The Morgan fingerprint density at radius 1 is 1.29 bits per heavy atom. The normalized spacial score (nSPS) is 44.2. The van der Waals surface area contributed by atoms with Crippen molar-refractivity contribution in [1.29, 1.82) is 0 Å². The molecule has 17 heavy (non-hydrogen) atoms. The zero-order valence-electron chi connectivity index (χ0n) is 10.7. The fraction of sp³-hybridized carbons (Fsp3) is 0.929. The van der Waals surface area contributed by atoms with Crippen LogP contribution in [0.4, 0.5) is 0 Å². The molecule has 0 radical (unpaired) electrons. The highest BCUT2D eigenvalue weighted by Gasteiger charge is 2.42. The molecule has 1 amide bonds. The van der Waals surface area contributed by atoms with Crippen molar-refractivity contribution in [2.24, 2.45) is 17.8 Å². The molecule has 0 spiro atoms. The summed E-state index contributed by atoms with van der Waals surface area (Å²) < 4.78 is 0. The van der Waals surface area contributed by atoms with Crippen molar-refractivity contribution in [1.82, 2.24) is 10.6 Å². The largest absolute Gasteiger partial charge is 0.356 e. The van der Waals surface area contributed by atoms with E-state index in [1.807, 2.05) is 0 Å². The zero-order valence-corrected chi connectivity index (χ0v) is 10.7. The maximum absolute atomic E-state index is 12.1. The van der Waals surface area contributed by atoms with Crippen LogP contribution in [0.5, 0.6) is 0 Å². The molecule has 3 nitrogen and oxygen atoms in total. The summed E-state index contributed by atoms with van der Waals surface area (Å²) in [7, 11) is 0. The number of carbonyl (C=O) groups excluding carboxylic acids is 1. The number of nitrogens with one attached hydrogen (secondary N) is 2.